The Morgan fingerprint density at radius 3 is 2.12 bits per heavy atom. The van der Waals surface area contributed by atoms with Crippen molar-refractivity contribution in [3.05, 3.63) is 60.7 Å². The summed E-state index contributed by atoms with van der Waals surface area (Å²) in [6.07, 6.45) is 2.33. The molecule has 0 aliphatic heterocycles. The van der Waals surface area contributed by atoms with Crippen LogP contribution in [0.15, 0.2) is 64.9 Å². The largest absolute Gasteiger partial charge is 0.493 e. The van der Waals surface area contributed by atoms with E-state index in [9.17, 15) is 16.8 Å². The highest BCUT2D eigenvalue weighted by Gasteiger charge is 2.20. The van der Waals surface area contributed by atoms with E-state index in [-0.39, 0.29) is 27.0 Å². The van der Waals surface area contributed by atoms with E-state index < -0.39 is 20.0 Å². The zero-order chi connectivity index (χ0) is 19.4. The van der Waals surface area contributed by atoms with Gasteiger partial charge in [-0.25, -0.2) is 8.42 Å². The molecule has 0 N–H and O–H groups in total. The third kappa shape index (κ3) is 4.44. The molecule has 0 saturated heterocycles. The Labute approximate surface area is 154 Å². The van der Waals surface area contributed by atoms with Crippen molar-refractivity contribution in [1.82, 2.24) is 0 Å². The first-order chi connectivity index (χ1) is 12.2. The fourth-order valence-corrected chi connectivity index (χ4v) is 4.04. The summed E-state index contributed by atoms with van der Waals surface area (Å²) in [5.74, 6) is 0.257. The zero-order valence-corrected chi connectivity index (χ0v) is 16.1. The predicted octanol–water partition coefficient (Wildman–Crippen LogP) is 2.99. The molecule has 2 rings (SSSR count). The van der Waals surface area contributed by atoms with Crippen LogP contribution in [-0.4, -0.2) is 29.7 Å². The number of rotatable bonds is 8. The molecule has 140 valence electrons. The van der Waals surface area contributed by atoms with Crippen LogP contribution in [0.4, 0.5) is 0 Å². The molecule has 0 fully saturated rings. The van der Waals surface area contributed by atoms with E-state index in [0.717, 1.165) is 5.56 Å². The summed E-state index contributed by atoms with van der Waals surface area (Å²) in [4.78, 5) is -0.0879. The van der Waals surface area contributed by atoms with Gasteiger partial charge in [-0.3, -0.25) is 0 Å². The van der Waals surface area contributed by atoms with E-state index in [4.69, 9.17) is 8.92 Å². The molecule has 0 saturated carbocycles. The van der Waals surface area contributed by atoms with Gasteiger partial charge in [0.05, 0.1) is 17.8 Å². The van der Waals surface area contributed by atoms with E-state index in [2.05, 4.69) is 6.58 Å². The van der Waals surface area contributed by atoms with E-state index in [0.29, 0.717) is 6.42 Å². The molecule has 0 aliphatic rings. The molecule has 0 aromatic heterocycles. The molecule has 6 nitrogen and oxygen atoms in total. The van der Waals surface area contributed by atoms with Crippen molar-refractivity contribution >= 4 is 20.0 Å². The summed E-state index contributed by atoms with van der Waals surface area (Å²) in [6, 6.07) is 9.80. The highest BCUT2D eigenvalue weighted by atomic mass is 32.2. The Bertz CT molecular complexity index is 990. The summed E-state index contributed by atoms with van der Waals surface area (Å²) < 4.78 is 58.9. The third-order valence-corrected chi connectivity index (χ3v) is 6.66. The Morgan fingerprint density at radius 2 is 1.58 bits per heavy atom. The van der Waals surface area contributed by atoms with Crippen molar-refractivity contribution in [2.45, 2.75) is 23.1 Å². The first-order valence-corrected chi connectivity index (χ1v) is 10.8. The quantitative estimate of drug-likeness (QED) is 0.504. The second kappa shape index (κ2) is 7.92. The normalized spacial score (nSPS) is 11.8. The van der Waals surface area contributed by atoms with Gasteiger partial charge in [0, 0.05) is 0 Å². The van der Waals surface area contributed by atoms with Crippen LogP contribution in [0.1, 0.15) is 12.5 Å². The van der Waals surface area contributed by atoms with Crippen LogP contribution in [0.2, 0.25) is 0 Å². The molecule has 26 heavy (non-hydrogen) atoms. The molecular weight excluding hydrogens is 376 g/mol. The van der Waals surface area contributed by atoms with Gasteiger partial charge in [-0.2, -0.15) is 8.42 Å². The van der Waals surface area contributed by atoms with Gasteiger partial charge in [-0.05, 0) is 48.4 Å². The molecule has 0 radical (unpaired) electrons. The summed E-state index contributed by atoms with van der Waals surface area (Å²) in [5.41, 5.74) is 0.899. The van der Waals surface area contributed by atoms with E-state index >= 15 is 0 Å². The van der Waals surface area contributed by atoms with Crippen molar-refractivity contribution in [3.63, 3.8) is 0 Å². The molecule has 8 heteroatoms. The minimum atomic E-state index is -4.14. The smallest absolute Gasteiger partial charge is 0.339 e. The van der Waals surface area contributed by atoms with E-state index in [1.165, 1.54) is 44.4 Å². The highest BCUT2D eigenvalue weighted by Crippen LogP contribution is 2.31. The van der Waals surface area contributed by atoms with Gasteiger partial charge < -0.3 is 8.92 Å². The Kier molecular flexibility index (Phi) is 6.09. The zero-order valence-electron chi connectivity index (χ0n) is 14.5. The lowest BCUT2D eigenvalue weighted by molar-refractivity contribution is 0.390. The third-order valence-electron chi connectivity index (χ3n) is 3.66. The number of sulfone groups is 1. The molecule has 0 amide bonds. The average molecular weight is 396 g/mol. The van der Waals surface area contributed by atoms with Crippen LogP contribution < -0.4 is 8.92 Å². The van der Waals surface area contributed by atoms with Crippen molar-refractivity contribution < 1.29 is 25.8 Å². The molecule has 0 atom stereocenters. The van der Waals surface area contributed by atoms with Crippen molar-refractivity contribution in [2.75, 3.05) is 12.9 Å². The van der Waals surface area contributed by atoms with Gasteiger partial charge >= 0.3 is 10.1 Å². The van der Waals surface area contributed by atoms with E-state index in [1.807, 2.05) is 0 Å². The molecule has 0 spiro atoms. The second-order valence-electron chi connectivity index (χ2n) is 5.39. The predicted molar refractivity (Wildman–Crippen MR) is 98.9 cm³/mol. The van der Waals surface area contributed by atoms with Gasteiger partial charge in [0.2, 0.25) is 0 Å². The fraction of sp³-hybridized carbons (Fsp3) is 0.222. The first-order valence-electron chi connectivity index (χ1n) is 7.78. The fourth-order valence-electron chi connectivity index (χ4n) is 2.22. The molecule has 0 heterocycles. The lowest BCUT2D eigenvalue weighted by Crippen LogP contribution is -2.11. The lowest BCUT2D eigenvalue weighted by atomic mass is 10.1. The van der Waals surface area contributed by atoms with Crippen molar-refractivity contribution in [1.29, 1.82) is 0 Å². The average Bonchev–Trinajstić information content (AvgIpc) is 2.63. The molecule has 0 aliphatic carbocycles. The Morgan fingerprint density at radius 1 is 0.962 bits per heavy atom. The maximum absolute atomic E-state index is 12.5. The Hall–Kier alpha value is -2.32. The minimum absolute atomic E-state index is 0.0468. The number of hydrogen-bond acceptors (Lipinski definition) is 6. The number of ether oxygens (including phenoxy) is 1. The van der Waals surface area contributed by atoms with Gasteiger partial charge in [0.1, 0.15) is 4.90 Å². The van der Waals surface area contributed by atoms with Crippen LogP contribution in [0.5, 0.6) is 11.5 Å². The van der Waals surface area contributed by atoms with Crippen LogP contribution >= 0.6 is 0 Å². The minimum Gasteiger partial charge on any atom is -0.493 e. The van der Waals surface area contributed by atoms with Crippen LogP contribution in [-0.2, 0) is 26.4 Å². The second-order valence-corrected chi connectivity index (χ2v) is 9.21. The summed E-state index contributed by atoms with van der Waals surface area (Å²) in [7, 11) is -6.13. The highest BCUT2D eigenvalue weighted by molar-refractivity contribution is 7.91. The Balaban J connectivity index is 2.33. The summed E-state index contributed by atoms with van der Waals surface area (Å²) >= 11 is 0. The lowest BCUT2D eigenvalue weighted by Gasteiger charge is -2.12. The van der Waals surface area contributed by atoms with Crippen molar-refractivity contribution in [3.8, 4) is 11.5 Å². The first kappa shape index (κ1) is 20.0. The number of benzene rings is 2. The topological polar surface area (TPSA) is 86.7 Å². The molecule has 2 aromatic carbocycles. The van der Waals surface area contributed by atoms with Crippen LogP contribution in [0, 0.1) is 0 Å². The molecule has 0 bridgehead atoms. The van der Waals surface area contributed by atoms with Gasteiger partial charge in [0.25, 0.3) is 0 Å². The summed E-state index contributed by atoms with van der Waals surface area (Å²) in [6.45, 7) is 5.17. The number of hydrogen-bond donors (Lipinski definition) is 0. The SMILES string of the molecule is C=CCc1ccc(OS(=O)(=O)c2ccc(S(=O)(=O)CC)cc2)c(OC)c1. The monoisotopic (exact) mass is 396 g/mol. The van der Waals surface area contributed by atoms with Crippen molar-refractivity contribution in [2.24, 2.45) is 0 Å². The standard InChI is InChI=1S/C18H20O6S2/c1-4-6-14-7-12-17(18(13-14)23-3)24-26(21,22)16-10-8-15(9-11-16)25(19,20)5-2/h4,7-13H,1,5-6H2,2-3H3. The van der Waals surface area contributed by atoms with Crippen LogP contribution in [0.25, 0.3) is 0 Å². The summed E-state index contributed by atoms with van der Waals surface area (Å²) in [5, 5.41) is 0. The van der Waals surface area contributed by atoms with Gasteiger partial charge in [-0.15, -0.1) is 6.58 Å². The van der Waals surface area contributed by atoms with Gasteiger partial charge in [-0.1, -0.05) is 19.1 Å². The van der Waals surface area contributed by atoms with Gasteiger partial charge in [0.15, 0.2) is 21.3 Å². The maximum Gasteiger partial charge on any atom is 0.339 e. The molecule has 0 unspecified atom stereocenters. The van der Waals surface area contributed by atoms with Crippen LogP contribution in [0.3, 0.4) is 0 Å². The number of methoxy groups -OCH3 is 1. The number of allylic oxidation sites excluding steroid dienone is 1. The molecule has 2 aromatic rings. The maximum atomic E-state index is 12.5. The van der Waals surface area contributed by atoms with E-state index in [1.54, 1.807) is 18.2 Å². The molecular formula is C18H20O6S2.